The van der Waals surface area contributed by atoms with E-state index < -0.39 is 0 Å². The number of amides is 1. The van der Waals surface area contributed by atoms with Crippen molar-refractivity contribution in [2.75, 3.05) is 5.73 Å². The van der Waals surface area contributed by atoms with Crippen molar-refractivity contribution < 1.29 is 4.79 Å². The molecule has 2 aromatic rings. The zero-order valence-electron chi connectivity index (χ0n) is 10.7. The third-order valence-electron chi connectivity index (χ3n) is 3.05. The number of thiophene rings is 1. The lowest BCUT2D eigenvalue weighted by atomic mass is 10.1. The average molecular weight is 339 g/mol. The minimum absolute atomic E-state index is 0.0154. The summed E-state index contributed by atoms with van der Waals surface area (Å²) in [6.07, 6.45) is 0. The van der Waals surface area contributed by atoms with Crippen LogP contribution in [0.5, 0.6) is 0 Å². The van der Waals surface area contributed by atoms with Crippen LogP contribution in [0.15, 0.2) is 33.4 Å². The normalized spacial score (nSPS) is 12.2. The Kier molecular flexibility index (Phi) is 4.27. The molecule has 0 aliphatic heterocycles. The van der Waals surface area contributed by atoms with Crippen LogP contribution in [-0.4, -0.2) is 5.91 Å². The lowest BCUT2D eigenvalue weighted by molar-refractivity contribution is 0.0939. The largest absolute Gasteiger partial charge is 0.398 e. The van der Waals surface area contributed by atoms with Crippen LogP contribution >= 0.6 is 27.3 Å². The third-order valence-corrected chi connectivity index (χ3v) is 4.21. The van der Waals surface area contributed by atoms with E-state index in [0.717, 1.165) is 15.6 Å². The monoisotopic (exact) mass is 338 g/mol. The smallest absolute Gasteiger partial charge is 0.252 e. The molecule has 0 saturated heterocycles. The fourth-order valence-electron chi connectivity index (χ4n) is 1.82. The van der Waals surface area contributed by atoms with Crippen molar-refractivity contribution >= 4 is 38.9 Å². The van der Waals surface area contributed by atoms with E-state index >= 15 is 0 Å². The Morgan fingerprint density at radius 3 is 2.84 bits per heavy atom. The Labute approximate surface area is 125 Å². The molecule has 0 spiro atoms. The maximum absolute atomic E-state index is 12.3. The Morgan fingerprint density at radius 2 is 2.21 bits per heavy atom. The second kappa shape index (κ2) is 5.75. The second-order valence-electron chi connectivity index (χ2n) is 4.42. The van der Waals surface area contributed by atoms with Gasteiger partial charge in [0.2, 0.25) is 0 Å². The molecule has 0 aliphatic carbocycles. The Morgan fingerprint density at radius 1 is 1.47 bits per heavy atom. The molecule has 1 aromatic carbocycles. The summed E-state index contributed by atoms with van der Waals surface area (Å²) < 4.78 is 0.809. The molecular formula is C14H15BrN2OS. The van der Waals surface area contributed by atoms with Crippen molar-refractivity contribution in [1.29, 1.82) is 0 Å². The van der Waals surface area contributed by atoms with Crippen LogP contribution in [0.1, 0.15) is 34.5 Å². The quantitative estimate of drug-likeness (QED) is 0.834. The van der Waals surface area contributed by atoms with Gasteiger partial charge in [-0.15, -0.1) is 0 Å². The fourth-order valence-corrected chi connectivity index (χ4v) is 3.04. The summed E-state index contributed by atoms with van der Waals surface area (Å²) in [7, 11) is 0. The number of carbonyl (C=O) groups is 1. The van der Waals surface area contributed by atoms with Gasteiger partial charge >= 0.3 is 0 Å². The number of hydrogen-bond donors (Lipinski definition) is 2. The molecule has 1 atom stereocenters. The van der Waals surface area contributed by atoms with Crippen LogP contribution in [-0.2, 0) is 0 Å². The first-order valence-electron chi connectivity index (χ1n) is 5.87. The molecule has 3 nitrogen and oxygen atoms in total. The van der Waals surface area contributed by atoms with Crippen LogP contribution in [0.25, 0.3) is 0 Å². The zero-order valence-corrected chi connectivity index (χ0v) is 13.1. The number of halogens is 1. The first kappa shape index (κ1) is 14.1. The highest BCUT2D eigenvalue weighted by Crippen LogP contribution is 2.24. The Bertz CT molecular complexity index is 596. The predicted molar refractivity (Wildman–Crippen MR) is 83.5 cm³/mol. The number of nitrogens with two attached hydrogens (primary N) is 1. The van der Waals surface area contributed by atoms with Crippen LogP contribution in [0.3, 0.4) is 0 Å². The minimum atomic E-state index is -0.107. The summed E-state index contributed by atoms with van der Waals surface area (Å²) in [4.78, 5) is 12.3. The first-order chi connectivity index (χ1) is 8.99. The minimum Gasteiger partial charge on any atom is -0.398 e. The van der Waals surface area contributed by atoms with E-state index in [1.165, 1.54) is 0 Å². The molecule has 5 heteroatoms. The fraction of sp³-hybridized carbons (Fsp3) is 0.214. The number of benzene rings is 1. The standard InChI is InChI=1S/C14H15BrN2OS/c1-8-12(5-11(15)6-13(8)16)14(18)17-9(2)10-3-4-19-7-10/h3-7,9H,16H2,1-2H3,(H,17,18). The van der Waals surface area contributed by atoms with Crippen molar-refractivity contribution in [3.8, 4) is 0 Å². The molecule has 2 rings (SSSR count). The SMILES string of the molecule is Cc1c(N)cc(Br)cc1C(=O)NC(C)c1ccsc1. The highest BCUT2D eigenvalue weighted by atomic mass is 79.9. The van der Waals surface area contributed by atoms with E-state index in [9.17, 15) is 4.79 Å². The molecule has 0 fully saturated rings. The second-order valence-corrected chi connectivity index (χ2v) is 6.12. The van der Waals surface area contributed by atoms with Crippen molar-refractivity contribution in [1.82, 2.24) is 5.32 Å². The summed E-state index contributed by atoms with van der Waals surface area (Å²) >= 11 is 4.98. The number of carbonyl (C=O) groups excluding carboxylic acids is 1. The Hall–Kier alpha value is -1.33. The van der Waals surface area contributed by atoms with Gasteiger partial charge in [0, 0.05) is 15.7 Å². The molecule has 19 heavy (non-hydrogen) atoms. The molecule has 0 radical (unpaired) electrons. The summed E-state index contributed by atoms with van der Waals surface area (Å²) in [6.45, 7) is 3.82. The number of rotatable bonds is 3. The predicted octanol–water partition coefficient (Wildman–Crippen LogP) is 3.89. The first-order valence-corrected chi connectivity index (χ1v) is 7.61. The number of hydrogen-bond acceptors (Lipinski definition) is 3. The van der Waals surface area contributed by atoms with Crippen LogP contribution in [0.2, 0.25) is 0 Å². The van der Waals surface area contributed by atoms with E-state index in [2.05, 4.69) is 21.2 Å². The zero-order chi connectivity index (χ0) is 14.0. The van der Waals surface area contributed by atoms with Gasteiger partial charge in [-0.25, -0.2) is 0 Å². The molecule has 1 heterocycles. The molecule has 0 bridgehead atoms. The van der Waals surface area contributed by atoms with Gasteiger partial charge in [0.1, 0.15) is 0 Å². The van der Waals surface area contributed by atoms with Gasteiger partial charge in [-0.1, -0.05) is 15.9 Å². The van der Waals surface area contributed by atoms with Gasteiger partial charge in [-0.2, -0.15) is 11.3 Å². The lowest BCUT2D eigenvalue weighted by Crippen LogP contribution is -2.27. The van der Waals surface area contributed by atoms with Gasteiger partial charge in [0.15, 0.2) is 0 Å². The van der Waals surface area contributed by atoms with Crippen LogP contribution in [0.4, 0.5) is 5.69 Å². The molecule has 0 aliphatic rings. The summed E-state index contributed by atoms with van der Waals surface area (Å²) in [6, 6.07) is 5.59. The van der Waals surface area contributed by atoms with E-state index in [4.69, 9.17) is 5.73 Å². The van der Waals surface area contributed by atoms with Crippen LogP contribution < -0.4 is 11.1 Å². The van der Waals surface area contributed by atoms with E-state index in [1.807, 2.05) is 30.7 Å². The third kappa shape index (κ3) is 3.16. The summed E-state index contributed by atoms with van der Waals surface area (Å²) in [5.41, 5.74) is 9.01. The molecule has 1 aromatic heterocycles. The van der Waals surface area contributed by atoms with E-state index in [0.29, 0.717) is 11.3 Å². The topological polar surface area (TPSA) is 55.1 Å². The molecule has 3 N–H and O–H groups in total. The highest BCUT2D eigenvalue weighted by Gasteiger charge is 2.15. The number of nitrogens with one attached hydrogen (secondary N) is 1. The van der Waals surface area contributed by atoms with Crippen molar-refractivity contribution in [3.63, 3.8) is 0 Å². The maximum Gasteiger partial charge on any atom is 0.252 e. The van der Waals surface area contributed by atoms with E-state index in [1.54, 1.807) is 23.5 Å². The molecule has 100 valence electrons. The number of nitrogen functional groups attached to an aromatic ring is 1. The summed E-state index contributed by atoms with van der Waals surface area (Å²) in [5, 5.41) is 7.02. The molecule has 1 unspecified atom stereocenters. The van der Waals surface area contributed by atoms with Gasteiger partial charge in [0.05, 0.1) is 6.04 Å². The number of anilines is 1. The Balaban J connectivity index is 2.21. The molecule has 1 amide bonds. The van der Waals surface area contributed by atoms with Gasteiger partial charge in [-0.3, -0.25) is 4.79 Å². The lowest BCUT2D eigenvalue weighted by Gasteiger charge is -2.15. The van der Waals surface area contributed by atoms with Crippen molar-refractivity contribution in [2.45, 2.75) is 19.9 Å². The van der Waals surface area contributed by atoms with Gasteiger partial charge in [0.25, 0.3) is 5.91 Å². The summed E-state index contributed by atoms with van der Waals surface area (Å²) in [5.74, 6) is -0.107. The van der Waals surface area contributed by atoms with E-state index in [-0.39, 0.29) is 11.9 Å². The van der Waals surface area contributed by atoms with Crippen molar-refractivity contribution in [3.05, 3.63) is 50.1 Å². The average Bonchev–Trinajstić information content (AvgIpc) is 2.87. The maximum atomic E-state index is 12.3. The van der Waals surface area contributed by atoms with Gasteiger partial charge in [-0.05, 0) is 53.9 Å². The van der Waals surface area contributed by atoms with Crippen molar-refractivity contribution in [2.24, 2.45) is 0 Å². The van der Waals surface area contributed by atoms with Crippen LogP contribution in [0, 0.1) is 6.92 Å². The molecule has 0 saturated carbocycles. The van der Waals surface area contributed by atoms with Gasteiger partial charge < -0.3 is 11.1 Å². The highest BCUT2D eigenvalue weighted by molar-refractivity contribution is 9.10. The molecular weight excluding hydrogens is 324 g/mol.